The molecule has 0 aliphatic carbocycles. The van der Waals surface area contributed by atoms with Crippen LogP contribution >= 0.6 is 0 Å². The summed E-state index contributed by atoms with van der Waals surface area (Å²) in [5.41, 5.74) is -7.98. The number of nitrogens with zero attached hydrogens (tertiary/aromatic N) is 1. The molecule has 0 radical (unpaired) electrons. The molecule has 1 heterocycles. The van der Waals surface area contributed by atoms with E-state index in [0.29, 0.717) is 24.3 Å². The second-order valence-corrected chi connectivity index (χ2v) is 12.9. The van der Waals surface area contributed by atoms with Crippen molar-refractivity contribution in [3.05, 3.63) is 101 Å². The average Bonchev–Trinajstić information content (AvgIpc) is 3.39. The maximum Gasteiger partial charge on any atom is 0.430 e. The largest absolute Gasteiger partial charge is 0.430 e. The molecule has 1 aliphatic rings. The second kappa shape index (κ2) is 12.9. The highest BCUT2D eigenvalue weighted by atomic mass is 32.2. The van der Waals surface area contributed by atoms with E-state index in [1.165, 1.54) is 4.90 Å². The molecule has 1 aliphatic heterocycles. The predicted octanol–water partition coefficient (Wildman–Crippen LogP) is 6.15. The summed E-state index contributed by atoms with van der Waals surface area (Å²) in [4.78, 5) is 13.3. The van der Waals surface area contributed by atoms with Crippen molar-refractivity contribution in [3.8, 4) is 0 Å². The number of halogens is 9. The van der Waals surface area contributed by atoms with Gasteiger partial charge in [0.2, 0.25) is 5.91 Å². The van der Waals surface area contributed by atoms with E-state index in [2.05, 4.69) is 10.1 Å². The molecule has 0 spiro atoms. The third kappa shape index (κ3) is 6.34. The Kier molecular flexibility index (Phi) is 9.86. The van der Waals surface area contributed by atoms with Gasteiger partial charge in [0.15, 0.2) is 9.84 Å². The Labute approximate surface area is 258 Å². The molecular weight excluding hydrogens is 655 g/mol. The Bertz CT molecular complexity index is 1630. The Morgan fingerprint density at radius 2 is 1.46 bits per heavy atom. The van der Waals surface area contributed by atoms with Crippen LogP contribution < -0.4 is 5.32 Å². The van der Waals surface area contributed by atoms with Gasteiger partial charge in [-0.3, -0.25) is 9.69 Å². The average molecular weight is 683 g/mol. The van der Waals surface area contributed by atoms with E-state index >= 15 is 0 Å². The van der Waals surface area contributed by atoms with Crippen LogP contribution in [0, 0.1) is 17.5 Å². The number of ether oxygens (including phenoxy) is 1. The zero-order chi connectivity index (χ0) is 34.1. The van der Waals surface area contributed by atoms with Crippen LogP contribution in [0.2, 0.25) is 0 Å². The SMILES string of the molecule is CCNC(=O)CN1CCC(c2ccc(C(OCc3c(F)cccc3F)(C(F)(F)F)C(F)(F)F)cc2)(S(=O)(=O)c2ccc(F)cc2)C1. The van der Waals surface area contributed by atoms with E-state index < -0.39 is 73.6 Å². The number of hydrogen-bond donors (Lipinski definition) is 1. The molecule has 1 unspecified atom stereocenters. The molecule has 0 saturated carbocycles. The first kappa shape index (κ1) is 35.2. The van der Waals surface area contributed by atoms with Crippen LogP contribution in [-0.2, 0) is 36.3 Å². The quantitative estimate of drug-likeness (QED) is 0.205. The minimum absolute atomic E-state index is 0.00562. The maximum atomic E-state index is 14.4. The molecular formula is C30H27F9N2O4S. The summed E-state index contributed by atoms with van der Waals surface area (Å²) in [7, 11) is -4.51. The zero-order valence-electron chi connectivity index (χ0n) is 24.0. The Morgan fingerprint density at radius 1 is 0.891 bits per heavy atom. The number of benzene rings is 3. The number of amides is 1. The lowest BCUT2D eigenvalue weighted by Gasteiger charge is -2.38. The van der Waals surface area contributed by atoms with Crippen LogP contribution in [0.15, 0.2) is 71.6 Å². The molecule has 1 atom stereocenters. The van der Waals surface area contributed by atoms with E-state index in [-0.39, 0.29) is 43.1 Å². The lowest BCUT2D eigenvalue weighted by molar-refractivity contribution is -0.392. The van der Waals surface area contributed by atoms with Gasteiger partial charge in [0.05, 0.1) is 18.0 Å². The highest BCUT2D eigenvalue weighted by molar-refractivity contribution is 7.92. The van der Waals surface area contributed by atoms with E-state index in [0.717, 1.165) is 42.5 Å². The van der Waals surface area contributed by atoms with Crippen molar-refractivity contribution in [1.82, 2.24) is 10.2 Å². The molecule has 1 fully saturated rings. The first-order chi connectivity index (χ1) is 21.4. The standard InChI is InChI=1S/C30H27F9N2O4S/c1-2-40-26(42)16-41-15-14-27(18-41,46(43,44)22-12-10-21(31)11-13-22)19-6-8-20(9-7-19)28(29(34,35)36,30(37,38)39)45-17-23-24(32)4-3-5-25(23)33/h3-13H,2,14-18H2,1H3,(H,40,42). The van der Waals surface area contributed by atoms with Gasteiger partial charge in [-0.25, -0.2) is 21.6 Å². The van der Waals surface area contributed by atoms with E-state index in [1.807, 2.05) is 0 Å². The lowest BCUT2D eigenvalue weighted by Crippen LogP contribution is -2.56. The van der Waals surface area contributed by atoms with Crippen molar-refractivity contribution in [2.24, 2.45) is 0 Å². The molecule has 16 heteroatoms. The molecule has 3 aromatic rings. The van der Waals surface area contributed by atoms with Crippen molar-refractivity contribution in [1.29, 1.82) is 0 Å². The van der Waals surface area contributed by atoms with Crippen LogP contribution in [-0.4, -0.2) is 57.8 Å². The number of sulfone groups is 1. The highest BCUT2D eigenvalue weighted by Crippen LogP contribution is 2.54. The molecule has 0 aromatic heterocycles. The number of likely N-dealkylation sites (tertiary alicyclic amines) is 1. The highest BCUT2D eigenvalue weighted by Gasteiger charge is 2.73. The molecule has 1 saturated heterocycles. The van der Waals surface area contributed by atoms with E-state index in [1.54, 1.807) is 6.92 Å². The fourth-order valence-electron chi connectivity index (χ4n) is 5.49. The molecule has 4 rings (SSSR count). The van der Waals surface area contributed by atoms with Crippen molar-refractivity contribution in [2.45, 2.75) is 47.5 Å². The maximum absolute atomic E-state index is 14.4. The first-order valence-electron chi connectivity index (χ1n) is 13.7. The van der Waals surface area contributed by atoms with Gasteiger partial charge in [-0.1, -0.05) is 30.3 Å². The molecule has 6 nitrogen and oxygen atoms in total. The van der Waals surface area contributed by atoms with Crippen LogP contribution in [0.1, 0.15) is 30.0 Å². The van der Waals surface area contributed by atoms with Gasteiger partial charge in [0.25, 0.3) is 5.60 Å². The minimum atomic E-state index is -6.21. The van der Waals surface area contributed by atoms with Crippen molar-refractivity contribution < 1.29 is 57.5 Å². The van der Waals surface area contributed by atoms with Crippen molar-refractivity contribution >= 4 is 15.7 Å². The fourth-order valence-corrected chi connectivity index (χ4v) is 7.60. The number of rotatable bonds is 10. The molecule has 0 bridgehead atoms. The van der Waals surface area contributed by atoms with Crippen molar-refractivity contribution in [2.75, 3.05) is 26.2 Å². The molecule has 3 aromatic carbocycles. The van der Waals surface area contributed by atoms with Gasteiger partial charge >= 0.3 is 12.4 Å². The third-order valence-corrected chi connectivity index (χ3v) is 10.3. The van der Waals surface area contributed by atoms with Gasteiger partial charge in [-0.2, -0.15) is 26.3 Å². The lowest BCUT2D eigenvalue weighted by atomic mass is 9.88. The summed E-state index contributed by atoms with van der Waals surface area (Å²) in [5, 5.41) is 2.55. The summed E-state index contributed by atoms with van der Waals surface area (Å²) < 4.78 is 159. The summed E-state index contributed by atoms with van der Waals surface area (Å²) in [5.74, 6) is -4.07. The monoisotopic (exact) mass is 682 g/mol. The van der Waals surface area contributed by atoms with E-state index in [4.69, 9.17) is 0 Å². The Morgan fingerprint density at radius 3 is 1.98 bits per heavy atom. The van der Waals surface area contributed by atoms with Crippen LogP contribution in [0.5, 0.6) is 0 Å². The van der Waals surface area contributed by atoms with Gasteiger partial charge in [0, 0.05) is 30.8 Å². The number of alkyl halides is 6. The topological polar surface area (TPSA) is 75.7 Å². The van der Waals surface area contributed by atoms with Crippen molar-refractivity contribution in [3.63, 3.8) is 0 Å². The van der Waals surface area contributed by atoms with Gasteiger partial charge in [-0.15, -0.1) is 0 Å². The molecule has 250 valence electrons. The van der Waals surface area contributed by atoms with Crippen LogP contribution in [0.3, 0.4) is 0 Å². The molecule has 1 N–H and O–H groups in total. The number of carbonyl (C=O) groups excluding carboxylic acids is 1. The third-order valence-electron chi connectivity index (χ3n) is 7.80. The number of nitrogens with one attached hydrogen (secondary N) is 1. The van der Waals surface area contributed by atoms with Crippen LogP contribution in [0.4, 0.5) is 39.5 Å². The minimum Gasteiger partial charge on any atom is -0.355 e. The Balaban J connectivity index is 1.83. The first-order valence-corrected chi connectivity index (χ1v) is 15.2. The normalized spacial score (nSPS) is 18.1. The summed E-state index contributed by atoms with van der Waals surface area (Å²) >= 11 is 0. The van der Waals surface area contributed by atoms with Crippen LogP contribution in [0.25, 0.3) is 0 Å². The van der Waals surface area contributed by atoms with Gasteiger partial charge in [-0.05, 0) is 55.3 Å². The zero-order valence-corrected chi connectivity index (χ0v) is 24.8. The second-order valence-electron chi connectivity index (χ2n) is 10.6. The summed E-state index contributed by atoms with van der Waals surface area (Å²) in [6.07, 6.45) is -12.6. The van der Waals surface area contributed by atoms with E-state index in [9.17, 15) is 52.7 Å². The molecule has 46 heavy (non-hydrogen) atoms. The summed E-state index contributed by atoms with van der Waals surface area (Å²) in [6, 6.07) is 8.16. The number of hydrogen-bond acceptors (Lipinski definition) is 5. The van der Waals surface area contributed by atoms with Gasteiger partial charge < -0.3 is 10.1 Å². The Hall–Kier alpha value is -3.63. The number of likely N-dealkylation sites (N-methyl/N-ethyl adjacent to an activating group) is 1. The fraction of sp³-hybridized carbons (Fsp3) is 0.367. The molecule has 1 amide bonds. The van der Waals surface area contributed by atoms with Gasteiger partial charge in [0.1, 0.15) is 22.2 Å². The predicted molar refractivity (Wildman–Crippen MR) is 146 cm³/mol. The smallest absolute Gasteiger partial charge is 0.355 e. The number of carbonyl (C=O) groups is 1. The summed E-state index contributed by atoms with van der Waals surface area (Å²) in [6.45, 7) is -0.443.